The minimum Gasteiger partial charge on any atom is -0.352 e. The lowest BCUT2D eigenvalue weighted by Gasteiger charge is -2.34. The molecule has 0 aliphatic heterocycles. The van der Waals surface area contributed by atoms with Crippen LogP contribution in [-0.4, -0.2) is 43.8 Å². The normalized spacial score (nSPS) is 12.7. The van der Waals surface area contributed by atoms with Crippen LogP contribution in [0.1, 0.15) is 37.0 Å². The first-order chi connectivity index (χ1) is 21.9. The molecule has 0 aliphatic carbocycles. The number of sulfonamides is 1. The molecule has 4 aromatic rings. The molecule has 7 nitrogen and oxygen atoms in total. The lowest BCUT2D eigenvalue weighted by atomic mass is 10.0. The van der Waals surface area contributed by atoms with Crippen molar-refractivity contribution in [2.45, 2.75) is 57.1 Å². The van der Waals surface area contributed by atoms with Crippen molar-refractivity contribution < 1.29 is 18.0 Å². The van der Waals surface area contributed by atoms with E-state index in [-0.39, 0.29) is 45.5 Å². The van der Waals surface area contributed by atoms with Crippen LogP contribution in [0.3, 0.4) is 0 Å². The van der Waals surface area contributed by atoms with Crippen molar-refractivity contribution in [1.82, 2.24) is 10.2 Å². The van der Waals surface area contributed by atoms with Gasteiger partial charge in [-0.05, 0) is 61.7 Å². The second-order valence-electron chi connectivity index (χ2n) is 11.0. The molecule has 0 saturated carbocycles. The topological polar surface area (TPSA) is 86.8 Å². The number of rotatable bonds is 13. The number of anilines is 1. The lowest BCUT2D eigenvalue weighted by Crippen LogP contribution is -2.54. The molecule has 242 valence electrons. The highest BCUT2D eigenvalue weighted by atomic mass is 35.5. The summed E-state index contributed by atoms with van der Waals surface area (Å²) in [6, 6.07) is 26.1. The molecule has 0 heterocycles. The van der Waals surface area contributed by atoms with E-state index in [4.69, 9.17) is 34.8 Å². The van der Waals surface area contributed by atoms with E-state index in [0.717, 1.165) is 15.4 Å². The molecule has 0 saturated heterocycles. The van der Waals surface area contributed by atoms with Gasteiger partial charge in [0.05, 0.1) is 20.6 Å². The molecule has 0 spiro atoms. The molecule has 46 heavy (non-hydrogen) atoms. The van der Waals surface area contributed by atoms with Crippen LogP contribution in [0.5, 0.6) is 0 Å². The number of hydrogen-bond acceptors (Lipinski definition) is 4. The van der Waals surface area contributed by atoms with Gasteiger partial charge in [-0.25, -0.2) is 8.42 Å². The molecular formula is C35H36Cl3N3O4S. The zero-order chi connectivity index (χ0) is 33.4. The molecule has 2 atom stereocenters. The summed E-state index contributed by atoms with van der Waals surface area (Å²) >= 11 is 19.4. The van der Waals surface area contributed by atoms with E-state index in [1.165, 1.54) is 29.2 Å². The van der Waals surface area contributed by atoms with Crippen LogP contribution >= 0.6 is 34.8 Å². The lowest BCUT2D eigenvalue weighted by molar-refractivity contribution is -0.140. The van der Waals surface area contributed by atoms with E-state index in [2.05, 4.69) is 5.32 Å². The molecule has 1 N–H and O–H groups in total. The summed E-state index contributed by atoms with van der Waals surface area (Å²) in [7, 11) is -4.33. The summed E-state index contributed by atoms with van der Waals surface area (Å²) in [5.74, 6) is -1.00. The minimum atomic E-state index is -4.33. The molecule has 0 aliphatic rings. The fourth-order valence-electron chi connectivity index (χ4n) is 4.84. The number of hydrogen-bond donors (Lipinski definition) is 1. The molecule has 0 aromatic heterocycles. The van der Waals surface area contributed by atoms with E-state index in [9.17, 15) is 18.0 Å². The van der Waals surface area contributed by atoms with Gasteiger partial charge in [0.2, 0.25) is 11.8 Å². The fraction of sp³-hybridized carbons (Fsp3) is 0.257. The Kier molecular flexibility index (Phi) is 12.1. The van der Waals surface area contributed by atoms with E-state index < -0.39 is 28.5 Å². The van der Waals surface area contributed by atoms with Gasteiger partial charge in [0, 0.05) is 24.0 Å². The van der Waals surface area contributed by atoms with Crippen LogP contribution < -0.4 is 9.62 Å². The summed E-state index contributed by atoms with van der Waals surface area (Å²) in [5.41, 5.74) is 2.32. The van der Waals surface area contributed by atoms with Crippen molar-refractivity contribution >= 4 is 62.3 Å². The molecule has 0 bridgehead atoms. The third-order valence-corrected chi connectivity index (χ3v) is 10.6. The van der Waals surface area contributed by atoms with Crippen molar-refractivity contribution in [2.75, 3.05) is 10.8 Å². The van der Waals surface area contributed by atoms with Crippen molar-refractivity contribution in [3.63, 3.8) is 0 Å². The van der Waals surface area contributed by atoms with E-state index in [0.29, 0.717) is 17.0 Å². The quantitative estimate of drug-likeness (QED) is 0.155. The maximum Gasteiger partial charge on any atom is 0.264 e. The number of nitrogens with zero attached hydrogens (tertiary/aromatic N) is 2. The molecule has 0 fully saturated rings. The zero-order valence-corrected chi connectivity index (χ0v) is 28.9. The van der Waals surface area contributed by atoms with E-state index in [1.807, 2.05) is 51.1 Å². The summed E-state index contributed by atoms with van der Waals surface area (Å²) in [4.78, 5) is 29.9. The molecule has 4 aromatic carbocycles. The van der Waals surface area contributed by atoms with Crippen molar-refractivity contribution in [2.24, 2.45) is 0 Å². The van der Waals surface area contributed by atoms with Crippen molar-refractivity contribution in [1.29, 1.82) is 0 Å². The maximum atomic E-state index is 14.6. The highest BCUT2D eigenvalue weighted by Crippen LogP contribution is 2.36. The molecule has 0 unspecified atom stereocenters. The van der Waals surface area contributed by atoms with Gasteiger partial charge in [-0.1, -0.05) is 114 Å². The number of carbonyl (C=O) groups excluding carboxylic acids is 2. The summed E-state index contributed by atoms with van der Waals surface area (Å²) < 4.78 is 29.4. The zero-order valence-electron chi connectivity index (χ0n) is 25.8. The average Bonchev–Trinajstić information content (AvgIpc) is 3.04. The predicted molar refractivity (Wildman–Crippen MR) is 186 cm³/mol. The van der Waals surface area contributed by atoms with E-state index in [1.54, 1.807) is 42.5 Å². The number of nitrogens with one attached hydrogen (secondary N) is 1. The van der Waals surface area contributed by atoms with Crippen LogP contribution in [0.15, 0.2) is 102 Å². The Hall–Kier alpha value is -3.56. The standard InChI is InChI=1S/C35H36Cl3N3O4S/c1-4-25(3)39-35(43)32(21-26-11-6-5-7-12-26)40(22-27-13-8-9-14-29(27)36)33(42)23-41(31-16-10-15-30(37)34(31)38)46(44,45)28-19-17-24(2)18-20-28/h5-20,25,32H,4,21-23H2,1-3H3,(H,39,43)/t25-,32+/m0/s1. The summed E-state index contributed by atoms with van der Waals surface area (Å²) in [6.07, 6.45) is 0.861. The number of carbonyl (C=O) groups is 2. The van der Waals surface area contributed by atoms with Crippen molar-refractivity contribution in [3.05, 3.63) is 129 Å². The number of amides is 2. The highest BCUT2D eigenvalue weighted by Gasteiger charge is 2.36. The van der Waals surface area contributed by atoms with Gasteiger partial charge < -0.3 is 10.2 Å². The number of halogens is 3. The Morgan fingerprint density at radius 3 is 2.11 bits per heavy atom. The maximum absolute atomic E-state index is 14.6. The summed E-state index contributed by atoms with van der Waals surface area (Å²) in [5, 5.41) is 3.51. The highest BCUT2D eigenvalue weighted by molar-refractivity contribution is 7.92. The number of benzene rings is 4. The smallest absolute Gasteiger partial charge is 0.264 e. The van der Waals surface area contributed by atoms with Gasteiger partial charge in [-0.2, -0.15) is 0 Å². The SMILES string of the molecule is CC[C@H](C)NC(=O)[C@@H](Cc1ccccc1)N(Cc1ccccc1Cl)C(=O)CN(c1cccc(Cl)c1Cl)S(=O)(=O)c1ccc(C)cc1. The Bertz CT molecular complexity index is 1770. The van der Waals surface area contributed by atoms with Crippen LogP contribution in [-0.2, 0) is 32.6 Å². The summed E-state index contributed by atoms with van der Waals surface area (Å²) in [6.45, 7) is 4.96. The number of aryl methyl sites for hydroxylation is 1. The molecule has 11 heteroatoms. The van der Waals surface area contributed by atoms with Gasteiger partial charge in [-0.3, -0.25) is 13.9 Å². The van der Waals surface area contributed by atoms with Crippen LogP contribution in [0, 0.1) is 6.92 Å². The third-order valence-electron chi connectivity index (χ3n) is 7.66. The van der Waals surface area contributed by atoms with E-state index >= 15 is 0 Å². The Morgan fingerprint density at radius 2 is 1.46 bits per heavy atom. The first-order valence-corrected chi connectivity index (χ1v) is 17.4. The Labute approximate surface area is 286 Å². The van der Waals surface area contributed by atoms with Crippen LogP contribution in [0.25, 0.3) is 0 Å². The Balaban J connectivity index is 1.85. The van der Waals surface area contributed by atoms with Gasteiger partial charge in [0.25, 0.3) is 10.0 Å². The van der Waals surface area contributed by atoms with Crippen molar-refractivity contribution in [3.8, 4) is 0 Å². The first-order valence-electron chi connectivity index (χ1n) is 14.8. The Morgan fingerprint density at radius 1 is 0.826 bits per heavy atom. The first kappa shape index (κ1) is 35.3. The monoisotopic (exact) mass is 699 g/mol. The minimum absolute atomic E-state index is 0.0272. The van der Waals surface area contributed by atoms with Crippen LogP contribution in [0.4, 0.5) is 5.69 Å². The second kappa shape index (κ2) is 15.8. The van der Waals surface area contributed by atoms with Gasteiger partial charge >= 0.3 is 0 Å². The molecule has 0 radical (unpaired) electrons. The second-order valence-corrected chi connectivity index (χ2v) is 14.1. The largest absolute Gasteiger partial charge is 0.352 e. The van der Waals surface area contributed by atoms with Gasteiger partial charge in [-0.15, -0.1) is 0 Å². The molecule has 4 rings (SSSR count). The van der Waals surface area contributed by atoms with Crippen LogP contribution in [0.2, 0.25) is 15.1 Å². The van der Waals surface area contributed by atoms with Gasteiger partial charge in [0.15, 0.2) is 0 Å². The van der Waals surface area contributed by atoms with Gasteiger partial charge in [0.1, 0.15) is 12.6 Å². The fourth-order valence-corrected chi connectivity index (χ4v) is 6.91. The average molecular weight is 701 g/mol. The molecular weight excluding hydrogens is 665 g/mol. The third kappa shape index (κ3) is 8.62. The molecule has 2 amide bonds. The predicted octanol–water partition coefficient (Wildman–Crippen LogP) is 7.71.